The number of ether oxygens (including phenoxy) is 1. The van der Waals surface area contributed by atoms with Gasteiger partial charge in [-0.1, -0.05) is 0 Å². The molecule has 1 saturated heterocycles. The highest BCUT2D eigenvalue weighted by atomic mass is 16.8. The maximum Gasteiger partial charge on any atom is 0.335 e. The average Bonchev–Trinajstić information content (AvgIpc) is 2.82. The molecule has 1 unspecified atom stereocenters. The fourth-order valence-corrected chi connectivity index (χ4v) is 1.44. The predicted octanol–water partition coefficient (Wildman–Crippen LogP) is -4.01. The molecule has 0 bridgehead atoms. The lowest BCUT2D eigenvalue weighted by Gasteiger charge is -2.37. The summed E-state index contributed by atoms with van der Waals surface area (Å²) < 4.78 is 4.81. The second kappa shape index (κ2) is 4.81. The Morgan fingerprint density at radius 1 is 1.28 bits per heavy atom. The summed E-state index contributed by atoms with van der Waals surface area (Å²) in [6.07, 6.45) is -7.44. The van der Waals surface area contributed by atoms with Crippen molar-refractivity contribution in [3.8, 4) is 0 Å². The summed E-state index contributed by atoms with van der Waals surface area (Å²) in [5, 5.41) is 47.3. The quantitative estimate of drug-likeness (QED) is 0.422. The molecule has 0 amide bonds. The van der Waals surface area contributed by atoms with E-state index in [0.29, 0.717) is 4.96 Å². The van der Waals surface area contributed by atoms with Crippen LogP contribution in [0, 0.1) is 0 Å². The van der Waals surface area contributed by atoms with E-state index in [1.807, 2.05) is 0 Å². The van der Waals surface area contributed by atoms with E-state index in [1.54, 1.807) is 0 Å². The second-order valence-corrected chi connectivity index (χ2v) is 3.53. The molecule has 0 aromatic carbocycles. The van der Waals surface area contributed by atoms with E-state index in [1.165, 1.54) is 0 Å². The van der Waals surface area contributed by atoms with Crippen molar-refractivity contribution in [2.75, 3.05) is 0 Å². The van der Waals surface area contributed by atoms with Crippen molar-refractivity contribution in [2.45, 2.75) is 30.7 Å². The smallest absolute Gasteiger partial charge is 0.335 e. The lowest BCUT2D eigenvalue weighted by molar-refractivity contribution is -0.300. The molecule has 18 heavy (non-hydrogen) atoms. The molecular weight excluding hydrogens is 252 g/mol. The van der Waals surface area contributed by atoms with E-state index in [9.17, 15) is 20.1 Å². The van der Waals surface area contributed by atoms with E-state index in [2.05, 4.69) is 15.4 Å². The summed E-state index contributed by atoms with van der Waals surface area (Å²) in [6, 6.07) is 0. The highest BCUT2D eigenvalue weighted by Crippen LogP contribution is 2.20. The largest absolute Gasteiger partial charge is 0.479 e. The van der Waals surface area contributed by atoms with Gasteiger partial charge in [0.05, 0.1) is 0 Å². The molecule has 4 N–H and O–H groups in total. The summed E-state index contributed by atoms with van der Waals surface area (Å²) in [5.41, 5.74) is 0. The van der Waals surface area contributed by atoms with Crippen molar-refractivity contribution in [1.29, 1.82) is 0 Å². The monoisotopic (exact) mass is 262 g/mol. The minimum absolute atomic E-state index is 0.581. The van der Waals surface area contributed by atoms with E-state index in [0.717, 1.165) is 6.33 Å². The highest BCUT2D eigenvalue weighted by Gasteiger charge is 2.48. The Kier molecular flexibility index (Phi) is 3.38. The third-order valence-corrected chi connectivity index (χ3v) is 2.34. The number of rotatable bonds is 3. The van der Waals surface area contributed by atoms with E-state index in [-0.39, 0.29) is 0 Å². The molecule has 100 valence electrons. The van der Waals surface area contributed by atoms with Crippen molar-refractivity contribution in [1.82, 2.24) is 20.4 Å². The van der Waals surface area contributed by atoms with Gasteiger partial charge in [-0.05, 0) is 5.21 Å². The first-order valence-corrected chi connectivity index (χ1v) is 4.83. The Labute approximate surface area is 99.1 Å². The van der Waals surface area contributed by atoms with Crippen LogP contribution < -0.4 is 4.84 Å². The van der Waals surface area contributed by atoms with Gasteiger partial charge in [0.15, 0.2) is 12.4 Å². The molecule has 0 radical (unpaired) electrons. The zero-order valence-electron chi connectivity index (χ0n) is 8.77. The third kappa shape index (κ3) is 2.24. The number of aliphatic hydroxyl groups excluding tert-OH is 3. The SMILES string of the molecule is O=C(O)[C@H]1OC(On2ncnn2)[C@H](O)[C@@H](O)[C@@H]1O. The van der Waals surface area contributed by atoms with Crippen LogP contribution in [0.15, 0.2) is 6.33 Å². The van der Waals surface area contributed by atoms with Crippen molar-refractivity contribution >= 4 is 5.97 Å². The Morgan fingerprint density at radius 3 is 2.56 bits per heavy atom. The number of hydrogen-bond donors (Lipinski definition) is 4. The highest BCUT2D eigenvalue weighted by molar-refractivity contribution is 5.73. The summed E-state index contributed by atoms with van der Waals surface area (Å²) in [5.74, 6) is -1.51. The number of aromatic nitrogens is 4. The Bertz CT molecular complexity index is 412. The summed E-state index contributed by atoms with van der Waals surface area (Å²) in [7, 11) is 0. The van der Waals surface area contributed by atoms with Gasteiger partial charge < -0.3 is 30.0 Å². The van der Waals surface area contributed by atoms with E-state index >= 15 is 0 Å². The van der Waals surface area contributed by atoms with Gasteiger partial charge in [-0.25, -0.2) is 4.79 Å². The lowest BCUT2D eigenvalue weighted by Crippen LogP contribution is -2.62. The minimum atomic E-state index is -1.78. The van der Waals surface area contributed by atoms with Crippen LogP contribution in [0.2, 0.25) is 0 Å². The Morgan fingerprint density at radius 2 is 2.00 bits per heavy atom. The minimum Gasteiger partial charge on any atom is -0.479 e. The summed E-state index contributed by atoms with van der Waals surface area (Å²) in [4.78, 5) is 16.2. The number of aliphatic hydroxyl groups is 3. The maximum atomic E-state index is 10.8. The van der Waals surface area contributed by atoms with Gasteiger partial charge in [-0.15, -0.1) is 10.2 Å². The first kappa shape index (κ1) is 12.6. The molecule has 1 fully saturated rings. The molecule has 11 nitrogen and oxygen atoms in total. The molecule has 0 aliphatic carbocycles. The molecule has 0 saturated carbocycles. The molecular formula is C7H10N4O7. The Balaban J connectivity index is 2.12. The van der Waals surface area contributed by atoms with Crippen molar-refractivity contribution < 1.29 is 34.8 Å². The number of hydrogen-bond acceptors (Lipinski definition) is 9. The number of carbonyl (C=O) groups is 1. The molecule has 0 spiro atoms. The number of carboxylic acid groups (broad SMARTS) is 1. The number of carboxylic acids is 1. The van der Waals surface area contributed by atoms with Gasteiger partial charge in [0.2, 0.25) is 0 Å². The number of tetrazole rings is 1. The number of aliphatic carboxylic acids is 1. The van der Waals surface area contributed by atoms with Crippen molar-refractivity contribution in [3.63, 3.8) is 0 Å². The van der Waals surface area contributed by atoms with Crippen LogP contribution in [0.25, 0.3) is 0 Å². The van der Waals surface area contributed by atoms with Gasteiger partial charge >= 0.3 is 5.97 Å². The van der Waals surface area contributed by atoms with Crippen LogP contribution >= 0.6 is 0 Å². The standard InChI is InChI=1S/C7H10N4O7/c12-2-3(13)5(6(15)16)17-7(4(2)14)18-11-9-1-8-10-11/h1-5,7,12-14H,(H,15,16)/t2-,3-,4+,5-,7?/m0/s1. The van der Waals surface area contributed by atoms with Crippen LogP contribution in [0.5, 0.6) is 0 Å². The van der Waals surface area contributed by atoms with Gasteiger partial charge in [0.1, 0.15) is 18.3 Å². The normalized spacial score (nSPS) is 36.3. The zero-order chi connectivity index (χ0) is 13.3. The summed E-state index contributed by atoms with van der Waals surface area (Å²) in [6.45, 7) is 0. The van der Waals surface area contributed by atoms with Gasteiger partial charge in [-0.2, -0.15) is 0 Å². The van der Waals surface area contributed by atoms with Crippen molar-refractivity contribution in [2.24, 2.45) is 0 Å². The molecule has 5 atom stereocenters. The maximum absolute atomic E-state index is 10.8. The molecule has 1 aromatic rings. The second-order valence-electron chi connectivity index (χ2n) is 3.53. The summed E-state index contributed by atoms with van der Waals surface area (Å²) >= 11 is 0. The van der Waals surface area contributed by atoms with Gasteiger partial charge in [0.25, 0.3) is 6.29 Å². The molecule has 11 heteroatoms. The van der Waals surface area contributed by atoms with Gasteiger partial charge in [0, 0.05) is 4.96 Å². The fraction of sp³-hybridized carbons (Fsp3) is 0.714. The zero-order valence-corrected chi connectivity index (χ0v) is 8.77. The molecule has 1 aliphatic rings. The molecule has 2 rings (SSSR count). The molecule has 2 heterocycles. The molecule has 1 aliphatic heterocycles. The first-order chi connectivity index (χ1) is 8.50. The van der Waals surface area contributed by atoms with Crippen LogP contribution in [0.4, 0.5) is 0 Å². The van der Waals surface area contributed by atoms with Gasteiger partial charge in [-0.3, -0.25) is 0 Å². The topological polar surface area (TPSA) is 160 Å². The molecule has 1 aromatic heterocycles. The van der Waals surface area contributed by atoms with Crippen LogP contribution in [-0.2, 0) is 9.53 Å². The van der Waals surface area contributed by atoms with Crippen molar-refractivity contribution in [3.05, 3.63) is 6.33 Å². The van der Waals surface area contributed by atoms with Crippen LogP contribution in [0.1, 0.15) is 0 Å². The van der Waals surface area contributed by atoms with Crippen LogP contribution in [-0.4, -0.2) is 77.5 Å². The van der Waals surface area contributed by atoms with E-state index < -0.39 is 36.7 Å². The average molecular weight is 262 g/mol. The Hall–Kier alpha value is -1.82. The lowest BCUT2D eigenvalue weighted by atomic mass is 9.99. The number of nitrogens with zero attached hydrogens (tertiary/aromatic N) is 4. The predicted molar refractivity (Wildman–Crippen MR) is 48.7 cm³/mol. The first-order valence-electron chi connectivity index (χ1n) is 4.83. The fourth-order valence-electron chi connectivity index (χ4n) is 1.44. The van der Waals surface area contributed by atoms with Crippen LogP contribution in [0.3, 0.4) is 0 Å². The third-order valence-electron chi connectivity index (χ3n) is 2.34. The van der Waals surface area contributed by atoms with E-state index in [4.69, 9.17) is 14.7 Å².